The summed E-state index contributed by atoms with van der Waals surface area (Å²) in [5.74, 6) is 0. The van der Waals surface area contributed by atoms with Crippen molar-refractivity contribution in [1.82, 2.24) is 4.90 Å². The summed E-state index contributed by atoms with van der Waals surface area (Å²) in [6, 6.07) is 9.35. The van der Waals surface area contributed by atoms with Gasteiger partial charge < -0.3 is 10.5 Å². The van der Waals surface area contributed by atoms with Gasteiger partial charge in [0, 0.05) is 25.7 Å². The Morgan fingerprint density at radius 3 is 2.75 bits per heavy atom. The standard InChI is InChI=1S/C17H28N2O/c1-14-5-3-6-16(13-14)15(2)19-10-7-17(8-11-19)20-12-4-9-18/h3,5-6,13,15,17H,4,7-12,18H2,1-2H3. The lowest BCUT2D eigenvalue weighted by Gasteiger charge is -2.36. The molecule has 2 rings (SSSR count). The molecule has 1 unspecified atom stereocenters. The summed E-state index contributed by atoms with van der Waals surface area (Å²) in [5, 5.41) is 0. The van der Waals surface area contributed by atoms with Crippen LogP contribution in [0.2, 0.25) is 0 Å². The van der Waals surface area contributed by atoms with Crippen LogP contribution in [0.15, 0.2) is 24.3 Å². The van der Waals surface area contributed by atoms with Crippen molar-refractivity contribution in [2.24, 2.45) is 5.73 Å². The maximum Gasteiger partial charge on any atom is 0.0599 e. The molecule has 1 saturated heterocycles. The van der Waals surface area contributed by atoms with Gasteiger partial charge in [-0.05, 0) is 45.2 Å². The van der Waals surface area contributed by atoms with Gasteiger partial charge in [0.05, 0.1) is 6.10 Å². The van der Waals surface area contributed by atoms with Gasteiger partial charge >= 0.3 is 0 Å². The molecular weight excluding hydrogens is 248 g/mol. The van der Waals surface area contributed by atoms with Gasteiger partial charge in [-0.25, -0.2) is 0 Å². The van der Waals surface area contributed by atoms with Crippen molar-refractivity contribution in [3.8, 4) is 0 Å². The van der Waals surface area contributed by atoms with Crippen molar-refractivity contribution in [3.63, 3.8) is 0 Å². The maximum absolute atomic E-state index is 5.87. The Balaban J connectivity index is 1.81. The van der Waals surface area contributed by atoms with Gasteiger partial charge in [-0.2, -0.15) is 0 Å². The van der Waals surface area contributed by atoms with E-state index in [-0.39, 0.29) is 0 Å². The molecule has 0 aromatic heterocycles. The monoisotopic (exact) mass is 276 g/mol. The number of nitrogens with two attached hydrogens (primary N) is 1. The Hall–Kier alpha value is -0.900. The number of ether oxygens (including phenoxy) is 1. The largest absolute Gasteiger partial charge is 0.378 e. The molecule has 0 spiro atoms. The molecule has 1 aliphatic rings. The second-order valence-electron chi connectivity index (χ2n) is 5.84. The fraction of sp³-hybridized carbons (Fsp3) is 0.647. The van der Waals surface area contributed by atoms with Crippen LogP contribution in [0.4, 0.5) is 0 Å². The maximum atomic E-state index is 5.87. The molecule has 2 N–H and O–H groups in total. The number of rotatable bonds is 6. The minimum absolute atomic E-state index is 0.433. The minimum atomic E-state index is 0.433. The number of nitrogens with zero attached hydrogens (tertiary/aromatic N) is 1. The van der Waals surface area contributed by atoms with Gasteiger partial charge in [0.25, 0.3) is 0 Å². The van der Waals surface area contributed by atoms with Crippen molar-refractivity contribution in [1.29, 1.82) is 0 Å². The highest BCUT2D eigenvalue weighted by Gasteiger charge is 2.23. The Morgan fingerprint density at radius 1 is 1.35 bits per heavy atom. The van der Waals surface area contributed by atoms with E-state index in [9.17, 15) is 0 Å². The molecule has 1 fully saturated rings. The van der Waals surface area contributed by atoms with Crippen LogP contribution in [0.3, 0.4) is 0 Å². The third kappa shape index (κ3) is 4.30. The first kappa shape index (κ1) is 15.5. The number of hydrogen-bond donors (Lipinski definition) is 1. The van der Waals surface area contributed by atoms with Gasteiger partial charge in [0.15, 0.2) is 0 Å². The van der Waals surface area contributed by atoms with Crippen LogP contribution in [0, 0.1) is 6.92 Å². The summed E-state index contributed by atoms with van der Waals surface area (Å²) in [6.45, 7) is 8.26. The molecule has 1 aromatic carbocycles. The van der Waals surface area contributed by atoms with Crippen LogP contribution < -0.4 is 5.73 Å². The minimum Gasteiger partial charge on any atom is -0.378 e. The zero-order chi connectivity index (χ0) is 14.4. The van der Waals surface area contributed by atoms with E-state index in [1.807, 2.05) is 0 Å². The van der Waals surface area contributed by atoms with E-state index >= 15 is 0 Å². The lowest BCUT2D eigenvalue weighted by Crippen LogP contribution is -2.38. The summed E-state index contributed by atoms with van der Waals surface area (Å²) >= 11 is 0. The summed E-state index contributed by atoms with van der Waals surface area (Å²) in [7, 11) is 0. The smallest absolute Gasteiger partial charge is 0.0599 e. The van der Waals surface area contributed by atoms with Gasteiger partial charge in [-0.15, -0.1) is 0 Å². The van der Waals surface area contributed by atoms with Crippen molar-refractivity contribution in [2.45, 2.75) is 45.3 Å². The Labute approximate surface area is 123 Å². The van der Waals surface area contributed by atoms with Crippen LogP contribution in [0.25, 0.3) is 0 Å². The van der Waals surface area contributed by atoms with Crippen LogP contribution in [-0.4, -0.2) is 37.2 Å². The van der Waals surface area contributed by atoms with Crippen LogP contribution >= 0.6 is 0 Å². The zero-order valence-electron chi connectivity index (χ0n) is 12.8. The molecule has 3 heteroatoms. The van der Waals surface area contributed by atoms with Crippen LogP contribution in [-0.2, 0) is 4.74 Å². The van der Waals surface area contributed by atoms with Crippen LogP contribution in [0.1, 0.15) is 43.4 Å². The quantitative estimate of drug-likeness (QED) is 0.812. The zero-order valence-corrected chi connectivity index (χ0v) is 12.8. The summed E-state index contributed by atoms with van der Waals surface area (Å²) in [4.78, 5) is 2.57. The second kappa shape index (κ2) is 7.77. The van der Waals surface area contributed by atoms with Crippen LogP contribution in [0.5, 0.6) is 0 Å². The highest BCUT2D eigenvalue weighted by atomic mass is 16.5. The van der Waals surface area contributed by atoms with E-state index in [0.29, 0.717) is 12.1 Å². The molecule has 1 heterocycles. The summed E-state index contributed by atoms with van der Waals surface area (Å²) in [6.07, 6.45) is 3.68. The lowest BCUT2D eigenvalue weighted by atomic mass is 10.0. The number of piperidine rings is 1. The van der Waals surface area contributed by atoms with Gasteiger partial charge in [0.1, 0.15) is 0 Å². The number of benzene rings is 1. The van der Waals surface area contributed by atoms with E-state index in [1.165, 1.54) is 11.1 Å². The van der Waals surface area contributed by atoms with Crippen molar-refractivity contribution < 1.29 is 4.74 Å². The normalized spacial score (nSPS) is 19.1. The molecule has 0 amide bonds. The number of hydrogen-bond acceptors (Lipinski definition) is 3. The fourth-order valence-corrected chi connectivity index (χ4v) is 2.90. The van der Waals surface area contributed by atoms with Crippen molar-refractivity contribution in [2.75, 3.05) is 26.2 Å². The third-order valence-corrected chi connectivity index (χ3v) is 4.25. The fourth-order valence-electron chi connectivity index (χ4n) is 2.90. The molecule has 1 atom stereocenters. The molecule has 0 bridgehead atoms. The van der Waals surface area contributed by atoms with E-state index in [2.05, 4.69) is 43.0 Å². The lowest BCUT2D eigenvalue weighted by molar-refractivity contribution is -0.000752. The second-order valence-corrected chi connectivity index (χ2v) is 5.84. The Kier molecular flexibility index (Phi) is 6.02. The molecule has 1 aliphatic heterocycles. The molecular formula is C17H28N2O. The SMILES string of the molecule is Cc1cccc(C(C)N2CCC(OCCCN)CC2)c1. The number of aryl methyl sites for hydroxylation is 1. The molecule has 1 aromatic rings. The molecule has 20 heavy (non-hydrogen) atoms. The molecule has 0 saturated carbocycles. The van der Waals surface area contributed by atoms with E-state index in [4.69, 9.17) is 10.5 Å². The number of likely N-dealkylation sites (tertiary alicyclic amines) is 1. The summed E-state index contributed by atoms with van der Waals surface area (Å²) in [5.41, 5.74) is 8.26. The predicted octanol–water partition coefficient (Wildman–Crippen LogP) is 2.89. The van der Waals surface area contributed by atoms with E-state index < -0.39 is 0 Å². The first-order chi connectivity index (χ1) is 9.70. The topological polar surface area (TPSA) is 38.5 Å². The average Bonchev–Trinajstić information content (AvgIpc) is 2.47. The van der Waals surface area contributed by atoms with Crippen molar-refractivity contribution in [3.05, 3.63) is 35.4 Å². The molecule has 0 aliphatic carbocycles. The Morgan fingerprint density at radius 2 is 2.10 bits per heavy atom. The van der Waals surface area contributed by atoms with E-state index in [0.717, 1.165) is 45.5 Å². The summed E-state index contributed by atoms with van der Waals surface area (Å²) < 4.78 is 5.87. The predicted molar refractivity (Wildman–Crippen MR) is 83.8 cm³/mol. The highest BCUT2D eigenvalue weighted by molar-refractivity contribution is 5.24. The van der Waals surface area contributed by atoms with Gasteiger partial charge in [-0.3, -0.25) is 4.90 Å². The average molecular weight is 276 g/mol. The first-order valence-corrected chi connectivity index (χ1v) is 7.83. The van der Waals surface area contributed by atoms with Crippen molar-refractivity contribution >= 4 is 0 Å². The molecule has 0 radical (unpaired) electrons. The highest BCUT2D eigenvalue weighted by Crippen LogP contribution is 2.25. The molecule has 112 valence electrons. The first-order valence-electron chi connectivity index (χ1n) is 7.83. The van der Waals surface area contributed by atoms with E-state index in [1.54, 1.807) is 0 Å². The molecule has 3 nitrogen and oxygen atoms in total. The van der Waals surface area contributed by atoms with Gasteiger partial charge in [0.2, 0.25) is 0 Å². The Bertz CT molecular complexity index is 400. The third-order valence-electron chi connectivity index (χ3n) is 4.25. The van der Waals surface area contributed by atoms with Gasteiger partial charge in [-0.1, -0.05) is 29.8 Å².